The number of nitrogens with one attached hydrogen (secondary N) is 2. The molecular formula is C22H27BN6O8S. The van der Waals surface area contributed by atoms with Gasteiger partial charge in [-0.1, -0.05) is 12.1 Å². The van der Waals surface area contributed by atoms with Crippen molar-refractivity contribution in [3.63, 3.8) is 0 Å². The fourth-order valence-electron chi connectivity index (χ4n) is 4.35. The van der Waals surface area contributed by atoms with Crippen LogP contribution in [0.25, 0.3) is 0 Å². The molecule has 1 aromatic carbocycles. The molecule has 16 heteroatoms. The summed E-state index contributed by atoms with van der Waals surface area (Å²) in [6.45, 7) is 3.81. The zero-order valence-electron chi connectivity index (χ0n) is 20.5. The van der Waals surface area contributed by atoms with E-state index < -0.39 is 49.1 Å². The second-order valence-corrected chi connectivity index (χ2v) is 10.0. The molecule has 2 aromatic rings. The van der Waals surface area contributed by atoms with Crippen LogP contribution >= 0.6 is 11.3 Å². The number of thiazole rings is 1. The number of urea groups is 1. The van der Waals surface area contributed by atoms with Gasteiger partial charge in [-0.3, -0.25) is 14.5 Å². The standard InChI is InChI=1S/C22H27BN6O8S/c1-10(2)28-6-7-29(19(32)18(28)31)22(35)27-15(13-9-38-21(24)25-13)17(30)26-14-8-11-4-3-5-12(20(33)34)16(11)37-23(14)36/h3-5,9-10,14-15,19,32,36H,6-8H2,1-2H3,(H2,24,25)(H,26,30)(H,27,35)(H,33,34)/t14-,15?,19?/m0/s1. The molecule has 2 aliphatic heterocycles. The van der Waals surface area contributed by atoms with Gasteiger partial charge in [0.05, 0.1) is 17.2 Å². The molecule has 0 saturated carbocycles. The fraction of sp³-hybridized carbons (Fsp3) is 0.409. The van der Waals surface area contributed by atoms with Gasteiger partial charge in [-0.05, 0) is 31.9 Å². The van der Waals surface area contributed by atoms with Crippen molar-refractivity contribution in [2.75, 3.05) is 18.8 Å². The van der Waals surface area contributed by atoms with Crippen LogP contribution in [0.3, 0.4) is 0 Å². The number of nitrogens with zero attached hydrogens (tertiary/aromatic N) is 3. The monoisotopic (exact) mass is 546 g/mol. The number of rotatable bonds is 6. The van der Waals surface area contributed by atoms with Gasteiger partial charge in [0, 0.05) is 24.5 Å². The SMILES string of the molecule is CC(C)N1CCN(C(=O)NC(C(=O)N[C@H]2Cc3cccc(C(=O)O)c3OB2O)c2csc(N)n2)C(O)C1=O. The van der Waals surface area contributed by atoms with Crippen LogP contribution in [0.15, 0.2) is 23.6 Å². The van der Waals surface area contributed by atoms with Gasteiger partial charge in [-0.2, -0.15) is 0 Å². The van der Waals surface area contributed by atoms with Gasteiger partial charge in [-0.25, -0.2) is 14.6 Å². The summed E-state index contributed by atoms with van der Waals surface area (Å²) >= 11 is 1.04. The van der Waals surface area contributed by atoms with E-state index in [1.807, 2.05) is 0 Å². The van der Waals surface area contributed by atoms with Crippen LogP contribution in [0.5, 0.6) is 5.75 Å². The van der Waals surface area contributed by atoms with Crippen LogP contribution in [0.1, 0.15) is 41.5 Å². The van der Waals surface area contributed by atoms with Crippen molar-refractivity contribution < 1.29 is 39.1 Å². The summed E-state index contributed by atoms with van der Waals surface area (Å²) in [4.78, 5) is 56.8. The molecule has 1 saturated heterocycles. The summed E-state index contributed by atoms with van der Waals surface area (Å²) in [6, 6.07) is 2.04. The van der Waals surface area contributed by atoms with E-state index in [0.717, 1.165) is 16.2 Å². The molecule has 1 fully saturated rings. The predicted octanol–water partition coefficient (Wildman–Crippen LogP) is -0.815. The number of aromatic nitrogens is 1. The second-order valence-electron chi connectivity index (χ2n) is 9.11. The minimum atomic E-state index is -1.73. The van der Waals surface area contributed by atoms with Crippen LogP contribution in [0.2, 0.25) is 0 Å². The van der Waals surface area contributed by atoms with Gasteiger partial charge >= 0.3 is 19.1 Å². The summed E-state index contributed by atoms with van der Waals surface area (Å²) in [5.74, 6) is -3.61. The van der Waals surface area contributed by atoms with Gasteiger partial charge < -0.3 is 41.2 Å². The summed E-state index contributed by atoms with van der Waals surface area (Å²) in [7, 11) is -1.58. The average molecular weight is 546 g/mol. The van der Waals surface area contributed by atoms with E-state index in [0.29, 0.717) is 5.56 Å². The normalized spacial score (nSPS) is 20.0. The fourth-order valence-corrected chi connectivity index (χ4v) is 4.94. The van der Waals surface area contributed by atoms with E-state index in [9.17, 15) is 34.4 Å². The van der Waals surface area contributed by atoms with Gasteiger partial charge in [0.25, 0.3) is 5.91 Å². The Morgan fingerprint density at radius 1 is 1.29 bits per heavy atom. The lowest BCUT2D eigenvalue weighted by Crippen LogP contribution is -2.63. The van der Waals surface area contributed by atoms with Crippen LogP contribution in [-0.4, -0.2) is 92.3 Å². The second kappa shape index (κ2) is 10.8. The number of anilines is 1. The van der Waals surface area contributed by atoms with Gasteiger partial charge in [0.2, 0.25) is 12.1 Å². The quantitative estimate of drug-likeness (QED) is 0.248. The molecule has 4 rings (SSSR count). The number of hydrogen-bond donors (Lipinski definition) is 6. The van der Waals surface area contributed by atoms with Crippen molar-refractivity contribution in [1.29, 1.82) is 0 Å². The number of piperazine rings is 1. The topological polar surface area (TPSA) is 208 Å². The molecule has 3 atom stereocenters. The number of benzene rings is 1. The number of para-hydroxylation sites is 1. The number of amides is 4. The molecule has 14 nitrogen and oxygen atoms in total. The number of carboxylic acids is 1. The molecular weight excluding hydrogens is 519 g/mol. The summed E-state index contributed by atoms with van der Waals surface area (Å²) in [5.41, 5.74) is 6.17. The first-order valence-electron chi connectivity index (χ1n) is 11.7. The molecule has 2 aliphatic rings. The Kier molecular flexibility index (Phi) is 7.75. The van der Waals surface area contributed by atoms with Crippen molar-refractivity contribution in [2.45, 2.75) is 44.5 Å². The zero-order valence-corrected chi connectivity index (χ0v) is 21.3. The number of hydrogen-bond acceptors (Lipinski definition) is 10. The van der Waals surface area contributed by atoms with Crippen LogP contribution in [0, 0.1) is 0 Å². The van der Waals surface area contributed by atoms with Gasteiger partial charge in [-0.15, -0.1) is 11.3 Å². The maximum absolute atomic E-state index is 13.3. The smallest absolute Gasteiger partial charge is 0.534 e. The molecule has 4 amide bonds. The van der Waals surface area contributed by atoms with Crippen LogP contribution in [-0.2, 0) is 16.0 Å². The van der Waals surface area contributed by atoms with Crippen LogP contribution in [0.4, 0.5) is 9.93 Å². The molecule has 38 heavy (non-hydrogen) atoms. The number of carbonyl (C=O) groups excluding carboxylic acids is 3. The van der Waals surface area contributed by atoms with Crippen molar-refractivity contribution >= 4 is 47.4 Å². The number of aliphatic hydroxyl groups is 1. The van der Waals surface area contributed by atoms with Crippen LogP contribution < -0.4 is 21.0 Å². The number of aromatic carboxylic acids is 1. The summed E-state index contributed by atoms with van der Waals surface area (Å²) in [5, 5.41) is 37.1. The predicted molar refractivity (Wildman–Crippen MR) is 135 cm³/mol. The molecule has 0 spiro atoms. The molecule has 2 unspecified atom stereocenters. The maximum Gasteiger partial charge on any atom is 0.547 e. The lowest BCUT2D eigenvalue weighted by molar-refractivity contribution is -0.156. The highest BCUT2D eigenvalue weighted by Crippen LogP contribution is 2.30. The third-order valence-corrected chi connectivity index (χ3v) is 7.00. The van der Waals surface area contributed by atoms with E-state index in [2.05, 4.69) is 15.6 Å². The third kappa shape index (κ3) is 5.37. The minimum absolute atomic E-state index is 0.00863. The molecule has 1 aromatic heterocycles. The average Bonchev–Trinajstić information content (AvgIpc) is 3.29. The third-order valence-electron chi connectivity index (χ3n) is 6.31. The number of fused-ring (bicyclic) bond motifs is 1. The Bertz CT molecular complexity index is 1260. The largest absolute Gasteiger partial charge is 0.547 e. The number of carboxylic acid groups (broad SMARTS) is 1. The number of nitrogen functional groups attached to an aromatic ring is 1. The molecule has 0 radical (unpaired) electrons. The molecule has 7 N–H and O–H groups in total. The Morgan fingerprint density at radius 3 is 2.66 bits per heavy atom. The molecule has 0 aliphatic carbocycles. The highest BCUT2D eigenvalue weighted by molar-refractivity contribution is 7.13. The highest BCUT2D eigenvalue weighted by Gasteiger charge is 2.41. The van der Waals surface area contributed by atoms with Crippen molar-refractivity contribution in [3.8, 4) is 5.75 Å². The van der Waals surface area contributed by atoms with Gasteiger partial charge in [0.1, 0.15) is 5.75 Å². The van der Waals surface area contributed by atoms with Crippen molar-refractivity contribution in [1.82, 2.24) is 25.4 Å². The molecule has 202 valence electrons. The zero-order chi connectivity index (χ0) is 27.7. The Labute approximate surface area is 221 Å². The van der Waals surface area contributed by atoms with E-state index >= 15 is 0 Å². The highest BCUT2D eigenvalue weighted by atomic mass is 32.1. The van der Waals surface area contributed by atoms with E-state index in [-0.39, 0.29) is 47.7 Å². The number of carbonyl (C=O) groups is 4. The Balaban J connectivity index is 1.52. The lowest BCUT2D eigenvalue weighted by atomic mass is 9.72. The van der Waals surface area contributed by atoms with Crippen molar-refractivity contribution in [2.24, 2.45) is 0 Å². The summed E-state index contributed by atoms with van der Waals surface area (Å²) < 4.78 is 5.41. The maximum atomic E-state index is 13.3. The molecule has 0 bridgehead atoms. The van der Waals surface area contributed by atoms with E-state index in [4.69, 9.17) is 10.4 Å². The first-order chi connectivity index (χ1) is 18.0. The number of aliphatic hydroxyl groups excluding tert-OH is 1. The lowest BCUT2D eigenvalue weighted by Gasteiger charge is -2.40. The summed E-state index contributed by atoms with van der Waals surface area (Å²) in [6.07, 6.45) is -1.68. The van der Waals surface area contributed by atoms with E-state index in [1.165, 1.54) is 22.4 Å². The minimum Gasteiger partial charge on any atom is -0.534 e. The number of nitrogens with two attached hydrogens (primary N) is 1. The first-order valence-corrected chi connectivity index (χ1v) is 12.6. The Hall–Kier alpha value is -3.89. The van der Waals surface area contributed by atoms with Gasteiger partial charge in [0.15, 0.2) is 11.2 Å². The molecule has 3 heterocycles. The first kappa shape index (κ1) is 27.2. The van der Waals surface area contributed by atoms with E-state index in [1.54, 1.807) is 19.9 Å². The van der Waals surface area contributed by atoms with Crippen molar-refractivity contribution in [3.05, 3.63) is 40.4 Å². The Morgan fingerprint density at radius 2 is 2.03 bits per heavy atom.